The van der Waals surface area contributed by atoms with Crippen molar-refractivity contribution in [3.63, 3.8) is 0 Å². The van der Waals surface area contributed by atoms with Crippen LogP contribution in [0.3, 0.4) is 0 Å². The molecule has 1 aromatic rings. The third-order valence-corrected chi connectivity index (χ3v) is 4.26. The first-order chi connectivity index (χ1) is 10.1. The lowest BCUT2D eigenvalue weighted by Gasteiger charge is -2.29. The summed E-state index contributed by atoms with van der Waals surface area (Å²) in [4.78, 5) is 15.0. The lowest BCUT2D eigenvalue weighted by atomic mass is 9.94. The molecular formula is C18H28N2O. The maximum Gasteiger partial charge on any atom is 0.254 e. The Morgan fingerprint density at radius 1 is 1.33 bits per heavy atom. The van der Waals surface area contributed by atoms with Gasteiger partial charge in [-0.1, -0.05) is 31.9 Å². The maximum atomic E-state index is 13.0. The van der Waals surface area contributed by atoms with E-state index in [1.54, 1.807) is 0 Å². The highest BCUT2D eigenvalue weighted by Crippen LogP contribution is 2.21. The predicted octanol–water partition coefficient (Wildman–Crippen LogP) is 3.37. The van der Waals surface area contributed by atoms with Gasteiger partial charge in [0.15, 0.2) is 0 Å². The first-order valence-corrected chi connectivity index (χ1v) is 8.27. The summed E-state index contributed by atoms with van der Waals surface area (Å²) in [5, 5.41) is 3.38. The fraction of sp³-hybridized carbons (Fsp3) is 0.611. The van der Waals surface area contributed by atoms with Crippen LogP contribution in [0.25, 0.3) is 0 Å². The number of rotatable bonds is 6. The number of unbranched alkanes of at least 4 members (excludes halogenated alkanes) is 2. The Hall–Kier alpha value is -1.35. The van der Waals surface area contributed by atoms with Crippen LogP contribution in [-0.2, 0) is 13.0 Å². The second-order valence-corrected chi connectivity index (χ2v) is 6.17. The second-order valence-electron chi connectivity index (χ2n) is 6.17. The van der Waals surface area contributed by atoms with Crippen LogP contribution in [0.1, 0.15) is 61.5 Å². The van der Waals surface area contributed by atoms with E-state index in [2.05, 4.69) is 32.2 Å². The van der Waals surface area contributed by atoms with Gasteiger partial charge in [0.05, 0.1) is 0 Å². The van der Waals surface area contributed by atoms with Gasteiger partial charge in [-0.3, -0.25) is 4.79 Å². The molecule has 1 N–H and O–H groups in total. The van der Waals surface area contributed by atoms with Crippen LogP contribution in [0, 0.1) is 0 Å². The van der Waals surface area contributed by atoms with Gasteiger partial charge in [-0.15, -0.1) is 0 Å². The Balaban J connectivity index is 2.20. The number of nitrogens with one attached hydrogen (secondary N) is 1. The van der Waals surface area contributed by atoms with Crippen molar-refractivity contribution in [1.29, 1.82) is 0 Å². The zero-order valence-corrected chi connectivity index (χ0v) is 13.6. The average molecular weight is 288 g/mol. The van der Waals surface area contributed by atoms with E-state index in [4.69, 9.17) is 0 Å². The van der Waals surface area contributed by atoms with Gasteiger partial charge in [0.25, 0.3) is 5.91 Å². The van der Waals surface area contributed by atoms with E-state index in [0.29, 0.717) is 0 Å². The highest BCUT2D eigenvalue weighted by Gasteiger charge is 2.23. The number of carbonyl (C=O) groups is 1. The molecule has 1 aromatic carbocycles. The van der Waals surface area contributed by atoms with Crippen molar-refractivity contribution < 1.29 is 4.79 Å². The molecule has 1 aliphatic heterocycles. The van der Waals surface area contributed by atoms with Crippen molar-refractivity contribution >= 4 is 5.91 Å². The van der Waals surface area contributed by atoms with Crippen LogP contribution in [0.15, 0.2) is 18.2 Å². The van der Waals surface area contributed by atoms with Crippen LogP contribution in [0.5, 0.6) is 0 Å². The zero-order chi connectivity index (χ0) is 15.2. The molecule has 0 saturated carbocycles. The Kier molecular flexibility index (Phi) is 5.80. The number of fused-ring (bicyclic) bond motifs is 1. The molecule has 1 aliphatic rings. The summed E-state index contributed by atoms with van der Waals surface area (Å²) in [6.45, 7) is 9.14. The molecular weight excluding hydrogens is 260 g/mol. The van der Waals surface area contributed by atoms with E-state index in [1.165, 1.54) is 24.0 Å². The highest BCUT2D eigenvalue weighted by molar-refractivity contribution is 5.96. The van der Waals surface area contributed by atoms with Crippen molar-refractivity contribution in [3.05, 3.63) is 34.9 Å². The van der Waals surface area contributed by atoms with Gasteiger partial charge in [-0.05, 0) is 50.4 Å². The number of nitrogens with zero attached hydrogens (tertiary/aromatic N) is 1. The maximum absolute atomic E-state index is 13.0. The monoisotopic (exact) mass is 288 g/mol. The van der Waals surface area contributed by atoms with Gasteiger partial charge in [-0.2, -0.15) is 0 Å². The summed E-state index contributed by atoms with van der Waals surface area (Å²) in [5.41, 5.74) is 3.45. The molecule has 0 aromatic heterocycles. The average Bonchev–Trinajstić information content (AvgIpc) is 2.50. The van der Waals surface area contributed by atoms with Gasteiger partial charge in [0.1, 0.15) is 0 Å². The van der Waals surface area contributed by atoms with Crippen LogP contribution < -0.4 is 5.32 Å². The third-order valence-electron chi connectivity index (χ3n) is 4.26. The molecule has 0 radical (unpaired) electrons. The summed E-state index contributed by atoms with van der Waals surface area (Å²) < 4.78 is 0. The molecule has 0 saturated heterocycles. The predicted molar refractivity (Wildman–Crippen MR) is 87.6 cm³/mol. The zero-order valence-electron chi connectivity index (χ0n) is 13.6. The van der Waals surface area contributed by atoms with Crippen molar-refractivity contribution in [1.82, 2.24) is 10.2 Å². The minimum Gasteiger partial charge on any atom is -0.336 e. The molecule has 116 valence electrons. The van der Waals surface area contributed by atoms with E-state index in [1.807, 2.05) is 17.0 Å². The molecule has 0 fully saturated rings. The molecule has 2 rings (SSSR count). The number of benzene rings is 1. The Bertz CT molecular complexity index is 482. The summed E-state index contributed by atoms with van der Waals surface area (Å²) in [6, 6.07) is 6.41. The van der Waals surface area contributed by atoms with E-state index >= 15 is 0 Å². The Labute approximate surface area is 128 Å². The summed E-state index contributed by atoms with van der Waals surface area (Å²) in [6.07, 6.45) is 4.43. The van der Waals surface area contributed by atoms with Gasteiger partial charge in [-0.25, -0.2) is 0 Å². The normalized spacial score (nSPS) is 14.1. The van der Waals surface area contributed by atoms with Gasteiger partial charge >= 0.3 is 0 Å². The fourth-order valence-electron chi connectivity index (χ4n) is 3.01. The second kappa shape index (κ2) is 7.60. The minimum atomic E-state index is 0.208. The summed E-state index contributed by atoms with van der Waals surface area (Å²) >= 11 is 0. The molecule has 21 heavy (non-hydrogen) atoms. The molecule has 1 heterocycles. The van der Waals surface area contributed by atoms with Crippen molar-refractivity contribution in [2.24, 2.45) is 0 Å². The van der Waals surface area contributed by atoms with E-state index in [-0.39, 0.29) is 11.9 Å². The number of hydrogen-bond acceptors (Lipinski definition) is 2. The van der Waals surface area contributed by atoms with Gasteiger partial charge < -0.3 is 10.2 Å². The van der Waals surface area contributed by atoms with Crippen LogP contribution in [0.4, 0.5) is 0 Å². The number of hydrogen-bond donors (Lipinski definition) is 1. The third kappa shape index (κ3) is 3.85. The first-order valence-electron chi connectivity index (χ1n) is 8.27. The van der Waals surface area contributed by atoms with Crippen LogP contribution in [0.2, 0.25) is 0 Å². The molecule has 1 amide bonds. The summed E-state index contributed by atoms with van der Waals surface area (Å²) in [7, 11) is 0. The quantitative estimate of drug-likeness (QED) is 0.814. The van der Waals surface area contributed by atoms with Gasteiger partial charge in [0.2, 0.25) is 0 Å². The molecule has 3 nitrogen and oxygen atoms in total. The van der Waals surface area contributed by atoms with Crippen LogP contribution in [-0.4, -0.2) is 29.9 Å². The molecule has 0 bridgehead atoms. The van der Waals surface area contributed by atoms with Crippen molar-refractivity contribution in [2.45, 2.75) is 59.0 Å². The largest absolute Gasteiger partial charge is 0.336 e. The lowest BCUT2D eigenvalue weighted by molar-refractivity contribution is 0.0701. The molecule has 0 unspecified atom stereocenters. The van der Waals surface area contributed by atoms with E-state index < -0.39 is 0 Å². The molecule has 3 heteroatoms. The number of carbonyl (C=O) groups excluding carboxylic acids is 1. The van der Waals surface area contributed by atoms with E-state index in [0.717, 1.165) is 38.0 Å². The Morgan fingerprint density at radius 3 is 2.86 bits per heavy atom. The Morgan fingerprint density at radius 2 is 2.14 bits per heavy atom. The van der Waals surface area contributed by atoms with Gasteiger partial charge in [0, 0.05) is 24.7 Å². The molecule has 0 aliphatic carbocycles. The highest BCUT2D eigenvalue weighted by atomic mass is 16.2. The fourth-order valence-corrected chi connectivity index (χ4v) is 3.01. The molecule has 0 spiro atoms. The summed E-state index contributed by atoms with van der Waals surface area (Å²) in [5.74, 6) is 0.208. The van der Waals surface area contributed by atoms with E-state index in [9.17, 15) is 4.79 Å². The lowest BCUT2D eigenvalue weighted by Crippen LogP contribution is -2.39. The first kappa shape index (κ1) is 16.0. The number of amides is 1. The minimum absolute atomic E-state index is 0.208. The SMILES string of the molecule is CCCCCN(C(=O)c1cccc2c1CCNC2)C(C)C. The standard InChI is InChI=1S/C18H28N2O/c1-4-5-6-12-20(14(2)3)18(21)17-9-7-8-15-13-19-11-10-16(15)17/h7-9,14,19H,4-6,10-13H2,1-3H3. The smallest absolute Gasteiger partial charge is 0.254 e. The topological polar surface area (TPSA) is 32.3 Å². The van der Waals surface area contributed by atoms with Crippen molar-refractivity contribution in [2.75, 3.05) is 13.1 Å². The molecule has 0 atom stereocenters. The van der Waals surface area contributed by atoms with Crippen LogP contribution >= 0.6 is 0 Å². The van der Waals surface area contributed by atoms with Crippen molar-refractivity contribution in [3.8, 4) is 0 Å².